The predicted octanol–water partition coefficient (Wildman–Crippen LogP) is 2.87. The summed E-state index contributed by atoms with van der Waals surface area (Å²) in [6, 6.07) is 15.2. The molecule has 1 N–H and O–H groups in total. The van der Waals surface area contributed by atoms with Gasteiger partial charge in [-0.15, -0.1) is 0 Å². The number of nitrogens with zero attached hydrogens (tertiary/aromatic N) is 1. The molecule has 0 saturated heterocycles. The van der Waals surface area contributed by atoms with Gasteiger partial charge in [0.2, 0.25) is 11.5 Å². The molecule has 0 unspecified atom stereocenters. The van der Waals surface area contributed by atoms with Gasteiger partial charge in [0.05, 0.1) is 0 Å². The highest BCUT2D eigenvalue weighted by Gasteiger charge is 2.22. The molecule has 24 heavy (non-hydrogen) atoms. The number of nitrogens with one attached hydrogen (secondary N) is 1. The van der Waals surface area contributed by atoms with Crippen LogP contribution in [0.25, 0.3) is 0 Å². The monoisotopic (exact) mass is 326 g/mol. The fourth-order valence-corrected chi connectivity index (χ4v) is 2.74. The van der Waals surface area contributed by atoms with E-state index in [1.807, 2.05) is 24.3 Å². The average Bonchev–Trinajstić information content (AvgIpc) is 2.58. The van der Waals surface area contributed by atoms with Crippen molar-refractivity contribution >= 4 is 5.91 Å². The molecule has 0 bridgehead atoms. The maximum Gasteiger partial charge on any atom is 0.250 e. The molecule has 0 fully saturated rings. The van der Waals surface area contributed by atoms with Gasteiger partial charge >= 0.3 is 0 Å². The van der Waals surface area contributed by atoms with Crippen LogP contribution in [0.3, 0.4) is 0 Å². The van der Waals surface area contributed by atoms with Gasteiger partial charge < -0.3 is 9.88 Å². The third kappa shape index (κ3) is 5.37. The molecule has 4 nitrogen and oxygen atoms in total. The van der Waals surface area contributed by atoms with Crippen molar-refractivity contribution in [3.63, 3.8) is 0 Å². The van der Waals surface area contributed by atoms with Crippen LogP contribution in [-0.4, -0.2) is 17.0 Å². The zero-order chi connectivity index (χ0) is 17.4. The Morgan fingerprint density at radius 3 is 2.46 bits per heavy atom. The van der Waals surface area contributed by atoms with E-state index in [1.165, 1.54) is 5.56 Å². The van der Waals surface area contributed by atoms with Gasteiger partial charge in [-0.1, -0.05) is 50.2 Å². The largest absolute Gasteiger partial charge is 0.356 e. The Morgan fingerprint density at radius 2 is 1.79 bits per heavy atom. The third-order valence-corrected chi connectivity index (χ3v) is 4.21. The fourth-order valence-electron chi connectivity index (χ4n) is 2.74. The van der Waals surface area contributed by atoms with Crippen LogP contribution in [-0.2, 0) is 17.8 Å². The molecular weight excluding hydrogens is 300 g/mol. The Hall–Kier alpha value is -2.36. The number of benzene rings is 1. The summed E-state index contributed by atoms with van der Waals surface area (Å²) < 4.78 is 1.66. The van der Waals surface area contributed by atoms with Crippen LogP contribution >= 0.6 is 0 Å². The first-order chi connectivity index (χ1) is 11.6. The van der Waals surface area contributed by atoms with Crippen LogP contribution in [0.5, 0.6) is 0 Å². The number of pyridine rings is 1. The second-order valence-electron chi connectivity index (χ2n) is 6.42. The minimum atomic E-state index is -0.0353. The summed E-state index contributed by atoms with van der Waals surface area (Å²) >= 11 is 0. The van der Waals surface area contributed by atoms with E-state index in [-0.39, 0.29) is 23.3 Å². The van der Waals surface area contributed by atoms with Crippen LogP contribution < -0.4 is 10.9 Å². The van der Waals surface area contributed by atoms with E-state index in [2.05, 4.69) is 31.3 Å². The SMILES string of the molecule is CC(C)[C@H](Cc1ccccc1)C(=O)NCCCn1ccccc1=O. The molecule has 2 rings (SSSR count). The number of amides is 1. The topological polar surface area (TPSA) is 51.1 Å². The minimum Gasteiger partial charge on any atom is -0.356 e. The van der Waals surface area contributed by atoms with Gasteiger partial charge in [0, 0.05) is 31.3 Å². The molecule has 0 aliphatic rings. The molecule has 1 heterocycles. The smallest absolute Gasteiger partial charge is 0.250 e. The van der Waals surface area contributed by atoms with E-state index in [4.69, 9.17) is 0 Å². The number of rotatable bonds is 8. The zero-order valence-corrected chi connectivity index (χ0v) is 14.4. The lowest BCUT2D eigenvalue weighted by Crippen LogP contribution is -2.36. The van der Waals surface area contributed by atoms with Gasteiger partial charge in [-0.25, -0.2) is 0 Å². The van der Waals surface area contributed by atoms with Crippen LogP contribution in [0.15, 0.2) is 59.5 Å². The maximum atomic E-state index is 12.5. The van der Waals surface area contributed by atoms with Crippen LogP contribution in [0.2, 0.25) is 0 Å². The highest BCUT2D eigenvalue weighted by molar-refractivity contribution is 5.79. The van der Waals surface area contributed by atoms with E-state index in [9.17, 15) is 9.59 Å². The predicted molar refractivity (Wildman–Crippen MR) is 96.8 cm³/mol. The number of carbonyl (C=O) groups is 1. The van der Waals surface area contributed by atoms with Crippen molar-refractivity contribution in [1.29, 1.82) is 0 Å². The molecule has 4 heteroatoms. The summed E-state index contributed by atoms with van der Waals surface area (Å²) in [5.74, 6) is 0.336. The molecule has 128 valence electrons. The van der Waals surface area contributed by atoms with Gasteiger partial charge in [-0.2, -0.15) is 0 Å². The summed E-state index contributed by atoms with van der Waals surface area (Å²) in [6.07, 6.45) is 3.27. The molecule has 0 spiro atoms. The first-order valence-electron chi connectivity index (χ1n) is 8.55. The lowest BCUT2D eigenvalue weighted by atomic mass is 9.88. The van der Waals surface area contributed by atoms with Crippen molar-refractivity contribution in [3.05, 3.63) is 70.6 Å². The second-order valence-corrected chi connectivity index (χ2v) is 6.42. The van der Waals surface area contributed by atoms with Gasteiger partial charge in [-0.05, 0) is 30.4 Å². The summed E-state index contributed by atoms with van der Waals surface area (Å²) in [7, 11) is 0. The summed E-state index contributed by atoms with van der Waals surface area (Å²) in [5, 5.41) is 3.02. The molecule has 2 aromatic rings. The molecule has 0 aliphatic carbocycles. The quantitative estimate of drug-likeness (QED) is 0.758. The highest BCUT2D eigenvalue weighted by Crippen LogP contribution is 2.17. The Morgan fingerprint density at radius 1 is 1.08 bits per heavy atom. The van der Waals surface area contributed by atoms with E-state index < -0.39 is 0 Å². The standard InChI is InChI=1S/C20H26N2O2/c1-16(2)18(15-17-9-4-3-5-10-17)20(24)21-12-8-14-22-13-7-6-11-19(22)23/h3-7,9-11,13,16,18H,8,12,14-15H2,1-2H3,(H,21,24)/t18-/m0/s1. The lowest BCUT2D eigenvalue weighted by molar-refractivity contribution is -0.126. The van der Waals surface area contributed by atoms with Gasteiger partial charge in [-0.3, -0.25) is 9.59 Å². The van der Waals surface area contributed by atoms with Crippen molar-refractivity contribution in [2.45, 2.75) is 33.2 Å². The Kier molecular flexibility index (Phi) is 6.79. The zero-order valence-electron chi connectivity index (χ0n) is 14.4. The van der Waals surface area contributed by atoms with E-state index in [0.29, 0.717) is 13.1 Å². The number of aryl methyl sites for hydroxylation is 1. The molecular formula is C20H26N2O2. The number of aromatic nitrogens is 1. The van der Waals surface area contributed by atoms with Crippen LogP contribution in [0, 0.1) is 11.8 Å². The highest BCUT2D eigenvalue weighted by atomic mass is 16.2. The molecule has 0 aliphatic heterocycles. The van der Waals surface area contributed by atoms with Crippen molar-refractivity contribution < 1.29 is 4.79 Å². The summed E-state index contributed by atoms with van der Waals surface area (Å²) in [4.78, 5) is 24.1. The molecule has 1 aromatic carbocycles. The molecule has 0 saturated carbocycles. The average molecular weight is 326 g/mol. The van der Waals surface area contributed by atoms with Gasteiger partial charge in [0.15, 0.2) is 0 Å². The fraction of sp³-hybridized carbons (Fsp3) is 0.400. The third-order valence-electron chi connectivity index (χ3n) is 4.21. The van der Waals surface area contributed by atoms with E-state index >= 15 is 0 Å². The van der Waals surface area contributed by atoms with Crippen molar-refractivity contribution in [1.82, 2.24) is 9.88 Å². The summed E-state index contributed by atoms with van der Waals surface area (Å²) in [5.41, 5.74) is 1.18. The van der Waals surface area contributed by atoms with Crippen LogP contribution in [0.1, 0.15) is 25.8 Å². The first kappa shape index (κ1) is 18.0. The normalized spacial score (nSPS) is 12.1. The Labute approximate surface area is 143 Å². The van der Waals surface area contributed by atoms with E-state index in [1.54, 1.807) is 22.9 Å². The van der Waals surface area contributed by atoms with Gasteiger partial charge in [0.25, 0.3) is 0 Å². The number of hydrogen-bond acceptors (Lipinski definition) is 2. The van der Waals surface area contributed by atoms with Crippen LogP contribution in [0.4, 0.5) is 0 Å². The second kappa shape index (κ2) is 9.06. The maximum absolute atomic E-state index is 12.5. The Bertz CT molecular complexity index is 692. The van der Waals surface area contributed by atoms with Gasteiger partial charge in [0.1, 0.15) is 0 Å². The number of hydrogen-bond donors (Lipinski definition) is 1. The van der Waals surface area contributed by atoms with Crippen molar-refractivity contribution in [3.8, 4) is 0 Å². The molecule has 1 amide bonds. The minimum absolute atomic E-state index is 0.00652. The number of carbonyl (C=O) groups excluding carboxylic acids is 1. The molecule has 1 aromatic heterocycles. The molecule has 1 atom stereocenters. The molecule has 0 radical (unpaired) electrons. The van der Waals surface area contributed by atoms with Crippen molar-refractivity contribution in [2.75, 3.05) is 6.54 Å². The lowest BCUT2D eigenvalue weighted by Gasteiger charge is -2.20. The summed E-state index contributed by atoms with van der Waals surface area (Å²) in [6.45, 7) is 5.36. The Balaban J connectivity index is 1.83. The van der Waals surface area contributed by atoms with E-state index in [0.717, 1.165) is 12.8 Å². The van der Waals surface area contributed by atoms with Crippen molar-refractivity contribution in [2.24, 2.45) is 11.8 Å². The first-order valence-corrected chi connectivity index (χ1v) is 8.55.